The van der Waals surface area contributed by atoms with Crippen molar-refractivity contribution in [3.63, 3.8) is 0 Å². The predicted octanol–water partition coefficient (Wildman–Crippen LogP) is 3.78. The van der Waals surface area contributed by atoms with Crippen molar-refractivity contribution in [2.24, 2.45) is 0 Å². The number of aromatic nitrogens is 3. The minimum atomic E-state index is -0.498. The summed E-state index contributed by atoms with van der Waals surface area (Å²) in [4.78, 5) is 18.8. The Hall–Kier alpha value is -3.09. The van der Waals surface area contributed by atoms with E-state index in [4.69, 9.17) is 9.47 Å². The van der Waals surface area contributed by atoms with E-state index in [2.05, 4.69) is 10.1 Å². The molecule has 4 rings (SSSR count). The van der Waals surface area contributed by atoms with Crippen LogP contribution < -0.4 is 4.74 Å². The molecule has 0 unspecified atom stereocenters. The monoisotopic (exact) mass is 394 g/mol. The van der Waals surface area contributed by atoms with Gasteiger partial charge in [-0.1, -0.05) is 12.1 Å². The lowest BCUT2D eigenvalue weighted by atomic mass is 9.99. The van der Waals surface area contributed by atoms with Gasteiger partial charge in [0.15, 0.2) is 5.65 Å². The number of benzene rings is 1. The second-order valence-corrected chi connectivity index (χ2v) is 8.30. The van der Waals surface area contributed by atoms with Crippen molar-refractivity contribution in [3.05, 3.63) is 53.3 Å². The van der Waals surface area contributed by atoms with E-state index in [1.165, 1.54) is 5.56 Å². The highest BCUT2D eigenvalue weighted by Gasteiger charge is 2.27. The first-order valence-corrected chi connectivity index (χ1v) is 9.77. The Balaban J connectivity index is 1.55. The van der Waals surface area contributed by atoms with Gasteiger partial charge in [0, 0.05) is 18.1 Å². The number of rotatable bonds is 3. The van der Waals surface area contributed by atoms with Crippen LogP contribution >= 0.6 is 0 Å². The van der Waals surface area contributed by atoms with Gasteiger partial charge in [0.2, 0.25) is 0 Å². The molecule has 1 amide bonds. The van der Waals surface area contributed by atoms with Gasteiger partial charge in [-0.25, -0.2) is 14.5 Å². The molecule has 7 nitrogen and oxygen atoms in total. The zero-order chi connectivity index (χ0) is 20.6. The topological polar surface area (TPSA) is 69.5 Å². The summed E-state index contributed by atoms with van der Waals surface area (Å²) in [5.41, 5.74) is 3.77. The first-order valence-electron chi connectivity index (χ1n) is 9.77. The van der Waals surface area contributed by atoms with Crippen LogP contribution in [-0.4, -0.2) is 45.0 Å². The van der Waals surface area contributed by atoms with E-state index in [1.807, 2.05) is 62.1 Å². The third-order valence-corrected chi connectivity index (χ3v) is 5.00. The van der Waals surface area contributed by atoms with E-state index in [-0.39, 0.29) is 6.09 Å². The number of pyridine rings is 1. The Morgan fingerprint density at radius 3 is 2.62 bits per heavy atom. The molecule has 0 atom stereocenters. The van der Waals surface area contributed by atoms with Crippen molar-refractivity contribution < 1.29 is 14.3 Å². The summed E-state index contributed by atoms with van der Waals surface area (Å²) in [6, 6.07) is 7.95. The molecule has 3 heterocycles. The van der Waals surface area contributed by atoms with Crippen LogP contribution in [0.4, 0.5) is 4.79 Å². The fourth-order valence-electron chi connectivity index (χ4n) is 3.58. The zero-order valence-electron chi connectivity index (χ0n) is 17.3. The maximum absolute atomic E-state index is 12.4. The van der Waals surface area contributed by atoms with Gasteiger partial charge in [-0.2, -0.15) is 5.10 Å². The van der Waals surface area contributed by atoms with Gasteiger partial charge in [0.1, 0.15) is 11.4 Å². The van der Waals surface area contributed by atoms with Crippen LogP contribution in [0.1, 0.15) is 37.5 Å². The Morgan fingerprint density at radius 1 is 1.17 bits per heavy atom. The lowest BCUT2D eigenvalue weighted by Crippen LogP contribution is -2.40. The molecule has 2 aromatic heterocycles. The molecule has 7 heteroatoms. The normalized spacial score (nSPS) is 14.0. The first-order chi connectivity index (χ1) is 13.8. The molecule has 0 radical (unpaired) electrons. The molecular weight excluding hydrogens is 368 g/mol. The molecule has 0 saturated heterocycles. The molecule has 29 heavy (non-hydrogen) atoms. The van der Waals surface area contributed by atoms with Crippen LogP contribution in [0.25, 0.3) is 11.0 Å². The highest BCUT2D eigenvalue weighted by atomic mass is 16.6. The van der Waals surface area contributed by atoms with Gasteiger partial charge in [0.25, 0.3) is 0 Å². The largest absolute Gasteiger partial charge is 0.497 e. The van der Waals surface area contributed by atoms with Gasteiger partial charge in [-0.15, -0.1) is 0 Å². The molecule has 1 aromatic carbocycles. The number of nitrogens with zero attached hydrogens (tertiary/aromatic N) is 4. The lowest BCUT2D eigenvalue weighted by Gasteiger charge is -2.31. The second-order valence-electron chi connectivity index (χ2n) is 8.30. The number of carbonyl (C=O) groups excluding carboxylic acids is 1. The van der Waals surface area contributed by atoms with E-state index < -0.39 is 5.60 Å². The van der Waals surface area contributed by atoms with E-state index in [1.54, 1.807) is 12.0 Å². The average Bonchev–Trinajstić information content (AvgIpc) is 3.10. The maximum atomic E-state index is 12.4. The van der Waals surface area contributed by atoms with Crippen molar-refractivity contribution in [3.8, 4) is 5.75 Å². The molecule has 152 valence electrons. The van der Waals surface area contributed by atoms with Gasteiger partial charge in [-0.3, -0.25) is 0 Å². The number of fused-ring (bicyclic) bond motifs is 3. The summed E-state index contributed by atoms with van der Waals surface area (Å²) >= 11 is 0. The molecule has 1 aliphatic heterocycles. The van der Waals surface area contributed by atoms with Gasteiger partial charge in [0.05, 0.1) is 26.4 Å². The number of ether oxygens (including phenoxy) is 2. The summed E-state index contributed by atoms with van der Waals surface area (Å²) < 4.78 is 12.6. The third kappa shape index (κ3) is 4.04. The van der Waals surface area contributed by atoms with Crippen LogP contribution in [-0.2, 0) is 24.2 Å². The Bertz CT molecular complexity index is 1030. The minimum Gasteiger partial charge on any atom is -0.497 e. The first kappa shape index (κ1) is 19.2. The van der Waals surface area contributed by atoms with E-state index >= 15 is 0 Å². The number of hydrogen-bond acceptors (Lipinski definition) is 5. The molecule has 0 N–H and O–H groups in total. The maximum Gasteiger partial charge on any atom is 0.410 e. The van der Waals surface area contributed by atoms with Gasteiger partial charge in [-0.05, 0) is 56.0 Å². The Morgan fingerprint density at radius 2 is 1.93 bits per heavy atom. The molecule has 1 aliphatic rings. The number of carbonyl (C=O) groups is 1. The van der Waals surface area contributed by atoms with E-state index in [0.717, 1.165) is 34.3 Å². The summed E-state index contributed by atoms with van der Waals surface area (Å²) in [6.45, 7) is 7.42. The average molecular weight is 394 g/mol. The van der Waals surface area contributed by atoms with Crippen LogP contribution in [0.5, 0.6) is 5.75 Å². The van der Waals surface area contributed by atoms with Gasteiger partial charge >= 0.3 is 6.09 Å². The van der Waals surface area contributed by atoms with Crippen molar-refractivity contribution in [1.29, 1.82) is 0 Å². The molecule has 0 aliphatic carbocycles. The van der Waals surface area contributed by atoms with Crippen molar-refractivity contribution in [1.82, 2.24) is 19.7 Å². The quantitative estimate of drug-likeness (QED) is 0.676. The molecule has 0 bridgehead atoms. The van der Waals surface area contributed by atoms with Crippen molar-refractivity contribution in [2.45, 2.75) is 45.9 Å². The van der Waals surface area contributed by atoms with E-state index in [0.29, 0.717) is 19.6 Å². The molecular formula is C22H26N4O3. The minimum absolute atomic E-state index is 0.279. The summed E-state index contributed by atoms with van der Waals surface area (Å²) in [7, 11) is 1.66. The SMILES string of the molecule is COc1ccc(Cn2ncc3c4c(cnc32)CN(C(=O)OC(C)(C)C)CC4)cc1. The standard InChI is InChI=1S/C22H26N4O3/c1-22(2,3)29-21(27)25-10-9-18-16(14-25)11-23-20-19(18)12-24-26(20)13-15-5-7-17(28-4)8-6-15/h5-8,11-12H,9-10,13-14H2,1-4H3. The number of methoxy groups -OCH3 is 1. The molecule has 0 fully saturated rings. The van der Waals surface area contributed by atoms with Crippen LogP contribution in [0, 0.1) is 0 Å². The lowest BCUT2D eigenvalue weighted by molar-refractivity contribution is 0.0224. The Labute approximate surface area is 170 Å². The van der Waals surface area contributed by atoms with Crippen LogP contribution in [0.15, 0.2) is 36.7 Å². The highest BCUT2D eigenvalue weighted by Crippen LogP contribution is 2.27. The van der Waals surface area contributed by atoms with Crippen molar-refractivity contribution in [2.75, 3.05) is 13.7 Å². The summed E-state index contributed by atoms with van der Waals surface area (Å²) in [5, 5.41) is 5.62. The number of hydrogen-bond donors (Lipinski definition) is 0. The molecule has 3 aromatic rings. The van der Waals surface area contributed by atoms with E-state index in [9.17, 15) is 4.79 Å². The predicted molar refractivity (Wildman–Crippen MR) is 110 cm³/mol. The zero-order valence-corrected chi connectivity index (χ0v) is 17.3. The second kappa shape index (κ2) is 7.39. The number of amides is 1. The molecule has 0 spiro atoms. The molecule has 0 saturated carbocycles. The highest BCUT2D eigenvalue weighted by molar-refractivity contribution is 5.80. The summed E-state index contributed by atoms with van der Waals surface area (Å²) in [5.74, 6) is 0.834. The smallest absolute Gasteiger partial charge is 0.410 e. The van der Waals surface area contributed by atoms with Crippen LogP contribution in [0.2, 0.25) is 0 Å². The fourth-order valence-corrected chi connectivity index (χ4v) is 3.58. The fraction of sp³-hybridized carbons (Fsp3) is 0.409. The third-order valence-electron chi connectivity index (χ3n) is 5.00. The van der Waals surface area contributed by atoms with Crippen molar-refractivity contribution >= 4 is 17.1 Å². The Kier molecular flexibility index (Phi) is 4.90. The van der Waals surface area contributed by atoms with Gasteiger partial charge < -0.3 is 14.4 Å². The summed E-state index contributed by atoms with van der Waals surface area (Å²) in [6.07, 6.45) is 4.23. The van der Waals surface area contributed by atoms with Crippen LogP contribution in [0.3, 0.4) is 0 Å².